The Hall–Kier alpha value is -1.36. The molecule has 1 aromatic carbocycles. The number of aliphatic hydroxyl groups excluding tert-OH is 1. The number of aryl methyl sites for hydroxylation is 1. The normalized spacial score (nSPS) is 13.9. The van der Waals surface area contributed by atoms with Crippen molar-refractivity contribution < 1.29 is 9.84 Å². The van der Waals surface area contributed by atoms with Crippen LogP contribution in [-0.4, -0.2) is 17.8 Å². The third kappa shape index (κ3) is 4.06. The number of hydrogen-bond acceptors (Lipinski definition) is 4. The van der Waals surface area contributed by atoms with Gasteiger partial charge in [0.1, 0.15) is 11.9 Å². The standard InChI is InChI=1S/C17H23NO2S/c1-3-14(18)17(16-9-8-12(2)21-16)20-15-7-5-4-6-13(15)10-11-19/h4-9,14,17,19H,3,10-11,18H2,1-2H3. The number of hydrogen-bond donors (Lipinski definition) is 2. The van der Waals surface area contributed by atoms with Crippen LogP contribution in [0.3, 0.4) is 0 Å². The molecule has 0 aliphatic heterocycles. The van der Waals surface area contributed by atoms with E-state index in [1.54, 1.807) is 11.3 Å². The molecule has 1 heterocycles. The van der Waals surface area contributed by atoms with E-state index in [9.17, 15) is 5.11 Å². The van der Waals surface area contributed by atoms with Crippen LogP contribution in [0.1, 0.15) is 34.8 Å². The van der Waals surface area contributed by atoms with Gasteiger partial charge in [0.05, 0.1) is 0 Å². The van der Waals surface area contributed by atoms with Crippen LogP contribution in [0.25, 0.3) is 0 Å². The molecule has 21 heavy (non-hydrogen) atoms. The highest BCUT2D eigenvalue weighted by molar-refractivity contribution is 7.12. The summed E-state index contributed by atoms with van der Waals surface area (Å²) in [4.78, 5) is 2.41. The van der Waals surface area contributed by atoms with Crippen molar-refractivity contribution >= 4 is 11.3 Å². The van der Waals surface area contributed by atoms with Crippen molar-refractivity contribution in [2.45, 2.75) is 38.8 Å². The van der Waals surface area contributed by atoms with Gasteiger partial charge in [-0.15, -0.1) is 11.3 Å². The number of benzene rings is 1. The molecule has 0 saturated heterocycles. The number of ether oxygens (including phenoxy) is 1. The summed E-state index contributed by atoms with van der Waals surface area (Å²) in [5, 5.41) is 9.18. The second kappa shape index (κ2) is 7.59. The second-order valence-electron chi connectivity index (χ2n) is 5.14. The van der Waals surface area contributed by atoms with Gasteiger partial charge < -0.3 is 15.6 Å². The summed E-state index contributed by atoms with van der Waals surface area (Å²) in [6.07, 6.45) is 1.30. The number of nitrogens with two attached hydrogens (primary N) is 1. The van der Waals surface area contributed by atoms with Gasteiger partial charge in [-0.2, -0.15) is 0 Å². The van der Waals surface area contributed by atoms with Gasteiger partial charge >= 0.3 is 0 Å². The Labute approximate surface area is 130 Å². The minimum Gasteiger partial charge on any atom is -0.483 e. The first-order valence-corrected chi connectivity index (χ1v) is 8.14. The SMILES string of the molecule is CCC(N)C(Oc1ccccc1CCO)c1ccc(C)s1. The molecule has 0 aliphatic carbocycles. The highest BCUT2D eigenvalue weighted by Crippen LogP contribution is 2.32. The van der Waals surface area contributed by atoms with Gasteiger partial charge in [-0.25, -0.2) is 0 Å². The average Bonchev–Trinajstić information content (AvgIpc) is 2.92. The predicted octanol–water partition coefficient (Wildman–Crippen LogP) is 3.45. The van der Waals surface area contributed by atoms with E-state index in [0.29, 0.717) is 6.42 Å². The van der Waals surface area contributed by atoms with Gasteiger partial charge in [0, 0.05) is 22.4 Å². The number of thiophene rings is 1. The van der Waals surface area contributed by atoms with Crippen LogP contribution >= 0.6 is 11.3 Å². The van der Waals surface area contributed by atoms with Crippen molar-refractivity contribution in [1.29, 1.82) is 0 Å². The minimum absolute atomic E-state index is 0.0507. The zero-order valence-corrected chi connectivity index (χ0v) is 13.4. The van der Waals surface area contributed by atoms with Crippen LogP contribution < -0.4 is 10.5 Å². The lowest BCUT2D eigenvalue weighted by molar-refractivity contribution is 0.172. The van der Waals surface area contributed by atoms with Crippen molar-refractivity contribution in [3.05, 3.63) is 51.7 Å². The Morgan fingerprint density at radius 1 is 1.24 bits per heavy atom. The van der Waals surface area contributed by atoms with Crippen molar-refractivity contribution in [1.82, 2.24) is 0 Å². The molecule has 0 spiro atoms. The van der Waals surface area contributed by atoms with Gasteiger partial charge in [-0.1, -0.05) is 25.1 Å². The average molecular weight is 305 g/mol. The number of aliphatic hydroxyl groups is 1. The molecule has 0 amide bonds. The fourth-order valence-corrected chi connectivity index (χ4v) is 3.24. The zero-order chi connectivity index (χ0) is 15.2. The van der Waals surface area contributed by atoms with E-state index in [1.165, 1.54) is 4.88 Å². The first kappa shape index (κ1) is 16.0. The van der Waals surface area contributed by atoms with Crippen molar-refractivity contribution in [3.63, 3.8) is 0 Å². The fourth-order valence-electron chi connectivity index (χ4n) is 2.26. The minimum atomic E-state index is -0.145. The Morgan fingerprint density at radius 3 is 2.62 bits per heavy atom. The predicted molar refractivity (Wildman–Crippen MR) is 87.9 cm³/mol. The molecule has 2 aromatic rings. The Bertz CT molecular complexity index is 567. The van der Waals surface area contributed by atoms with Crippen molar-refractivity contribution in [2.24, 2.45) is 5.73 Å². The van der Waals surface area contributed by atoms with Gasteiger partial charge in [-0.05, 0) is 43.5 Å². The van der Waals surface area contributed by atoms with Gasteiger partial charge in [-0.3, -0.25) is 0 Å². The fraction of sp³-hybridized carbons (Fsp3) is 0.412. The molecule has 2 atom stereocenters. The third-order valence-corrected chi connectivity index (χ3v) is 4.57. The lowest BCUT2D eigenvalue weighted by Gasteiger charge is -2.24. The molecule has 0 fully saturated rings. The molecule has 0 aliphatic rings. The highest BCUT2D eigenvalue weighted by atomic mass is 32.1. The molecule has 0 bridgehead atoms. The maximum absolute atomic E-state index is 9.18. The Balaban J connectivity index is 2.27. The van der Waals surface area contributed by atoms with Crippen LogP contribution in [0.2, 0.25) is 0 Å². The summed E-state index contributed by atoms with van der Waals surface area (Å²) < 4.78 is 6.22. The first-order valence-electron chi connectivity index (χ1n) is 7.33. The Kier molecular flexibility index (Phi) is 5.79. The van der Waals surface area contributed by atoms with Crippen LogP contribution in [0.15, 0.2) is 36.4 Å². The monoisotopic (exact) mass is 305 g/mol. The summed E-state index contributed by atoms with van der Waals surface area (Å²) in [5.41, 5.74) is 7.28. The lowest BCUT2D eigenvalue weighted by Crippen LogP contribution is -2.31. The van der Waals surface area contributed by atoms with E-state index in [-0.39, 0.29) is 18.8 Å². The molecular weight excluding hydrogens is 282 g/mol. The molecule has 114 valence electrons. The molecule has 3 N–H and O–H groups in total. The molecular formula is C17H23NO2S. The quantitative estimate of drug-likeness (QED) is 0.824. The molecule has 0 radical (unpaired) electrons. The summed E-state index contributed by atoms with van der Waals surface area (Å²) in [7, 11) is 0. The van der Waals surface area contributed by atoms with Gasteiger partial charge in [0.25, 0.3) is 0 Å². The lowest BCUT2D eigenvalue weighted by atomic mass is 10.1. The maximum Gasteiger partial charge on any atom is 0.148 e. The summed E-state index contributed by atoms with van der Waals surface area (Å²) in [5.74, 6) is 0.812. The molecule has 2 unspecified atom stereocenters. The Morgan fingerprint density at radius 2 is 2.00 bits per heavy atom. The first-order chi connectivity index (χ1) is 10.2. The van der Waals surface area contributed by atoms with Crippen molar-refractivity contribution in [2.75, 3.05) is 6.61 Å². The smallest absolute Gasteiger partial charge is 0.148 e. The van der Waals surface area contributed by atoms with E-state index in [2.05, 4.69) is 26.0 Å². The van der Waals surface area contributed by atoms with Gasteiger partial charge in [0.2, 0.25) is 0 Å². The zero-order valence-electron chi connectivity index (χ0n) is 12.6. The van der Waals surface area contributed by atoms with Gasteiger partial charge in [0.15, 0.2) is 0 Å². The third-order valence-electron chi connectivity index (χ3n) is 3.51. The van der Waals surface area contributed by atoms with E-state index in [4.69, 9.17) is 10.5 Å². The topological polar surface area (TPSA) is 55.5 Å². The molecule has 2 rings (SSSR count). The number of para-hydroxylation sites is 1. The molecule has 4 heteroatoms. The number of rotatable bonds is 7. The molecule has 3 nitrogen and oxygen atoms in total. The largest absolute Gasteiger partial charge is 0.483 e. The molecule has 1 aromatic heterocycles. The summed E-state index contributed by atoms with van der Waals surface area (Å²) >= 11 is 1.72. The molecule has 0 saturated carbocycles. The van der Waals surface area contributed by atoms with Crippen molar-refractivity contribution in [3.8, 4) is 5.75 Å². The van der Waals surface area contributed by atoms with E-state index >= 15 is 0 Å². The van der Waals surface area contributed by atoms with E-state index in [0.717, 1.165) is 22.6 Å². The van der Waals surface area contributed by atoms with E-state index in [1.807, 2.05) is 24.3 Å². The summed E-state index contributed by atoms with van der Waals surface area (Å²) in [6, 6.07) is 12.0. The highest BCUT2D eigenvalue weighted by Gasteiger charge is 2.23. The maximum atomic E-state index is 9.18. The van der Waals surface area contributed by atoms with Crippen LogP contribution in [-0.2, 0) is 6.42 Å². The van der Waals surface area contributed by atoms with Crippen LogP contribution in [0.5, 0.6) is 5.75 Å². The van der Waals surface area contributed by atoms with Crippen LogP contribution in [0.4, 0.5) is 0 Å². The second-order valence-corrected chi connectivity index (χ2v) is 6.46. The van der Waals surface area contributed by atoms with E-state index < -0.39 is 0 Å². The van der Waals surface area contributed by atoms with Crippen LogP contribution in [0, 0.1) is 6.92 Å². The summed E-state index contributed by atoms with van der Waals surface area (Å²) in [6.45, 7) is 4.27.